The SMILES string of the molecule is CN(C1COC2(CCN(C(=O)ON3C(=O)CCC3=O)CC2)C1)S(=O)(=O)C1CC1. The lowest BCUT2D eigenvalue weighted by atomic mass is 9.87. The van der Waals surface area contributed by atoms with Crippen LogP contribution in [-0.2, 0) is 29.2 Å². The first-order chi connectivity index (χ1) is 13.2. The summed E-state index contributed by atoms with van der Waals surface area (Å²) in [7, 11) is -1.63. The van der Waals surface area contributed by atoms with Crippen LogP contribution in [0.1, 0.15) is 44.9 Å². The summed E-state index contributed by atoms with van der Waals surface area (Å²) in [5.41, 5.74) is -0.450. The smallest absolute Gasteiger partial charge is 0.373 e. The number of hydrogen-bond donors (Lipinski definition) is 0. The van der Waals surface area contributed by atoms with Crippen LogP contribution in [0.5, 0.6) is 0 Å². The molecule has 0 aromatic carbocycles. The highest BCUT2D eigenvalue weighted by atomic mass is 32.2. The minimum absolute atomic E-state index is 0.0573. The summed E-state index contributed by atoms with van der Waals surface area (Å²) in [6, 6.07) is -0.191. The molecule has 4 fully saturated rings. The summed E-state index contributed by atoms with van der Waals surface area (Å²) < 4.78 is 32.4. The van der Waals surface area contributed by atoms with Crippen LogP contribution < -0.4 is 0 Å². The number of ether oxygens (including phenoxy) is 1. The highest BCUT2D eigenvalue weighted by molar-refractivity contribution is 7.90. The van der Waals surface area contributed by atoms with Crippen LogP contribution in [0.3, 0.4) is 0 Å². The van der Waals surface area contributed by atoms with Crippen LogP contribution in [0.25, 0.3) is 0 Å². The van der Waals surface area contributed by atoms with Gasteiger partial charge in [-0.15, -0.1) is 5.06 Å². The van der Waals surface area contributed by atoms with Crippen LogP contribution in [-0.4, -0.2) is 84.2 Å². The molecule has 0 aromatic rings. The average Bonchev–Trinajstić information content (AvgIpc) is 3.40. The summed E-state index contributed by atoms with van der Waals surface area (Å²) >= 11 is 0. The van der Waals surface area contributed by atoms with Crippen LogP contribution >= 0.6 is 0 Å². The van der Waals surface area contributed by atoms with Crippen molar-refractivity contribution in [3.05, 3.63) is 0 Å². The maximum Gasteiger partial charge on any atom is 0.434 e. The Bertz CT molecular complexity index is 771. The van der Waals surface area contributed by atoms with E-state index < -0.39 is 33.5 Å². The second kappa shape index (κ2) is 6.96. The molecule has 3 heterocycles. The van der Waals surface area contributed by atoms with E-state index in [0.29, 0.717) is 44.0 Å². The molecule has 28 heavy (non-hydrogen) atoms. The Morgan fingerprint density at radius 3 is 2.36 bits per heavy atom. The van der Waals surface area contributed by atoms with E-state index in [1.807, 2.05) is 0 Å². The van der Waals surface area contributed by atoms with Crippen LogP contribution in [0.15, 0.2) is 0 Å². The van der Waals surface area contributed by atoms with Crippen LogP contribution in [0, 0.1) is 0 Å². The summed E-state index contributed by atoms with van der Waals surface area (Å²) in [5.74, 6) is -1.01. The Morgan fingerprint density at radius 1 is 1.18 bits per heavy atom. The third-order valence-electron chi connectivity index (χ3n) is 6.16. The summed E-state index contributed by atoms with van der Waals surface area (Å²) in [4.78, 5) is 41.8. The molecule has 1 aliphatic carbocycles. The van der Waals surface area contributed by atoms with E-state index in [-0.39, 0.29) is 24.1 Å². The molecule has 11 heteroatoms. The lowest BCUT2D eigenvalue weighted by Crippen LogP contribution is -2.49. The molecule has 1 atom stereocenters. The number of hydroxylamine groups is 2. The van der Waals surface area contributed by atoms with E-state index in [1.54, 1.807) is 7.05 Å². The third-order valence-corrected chi connectivity index (χ3v) is 8.57. The minimum atomic E-state index is -3.25. The van der Waals surface area contributed by atoms with Gasteiger partial charge in [-0.1, -0.05) is 0 Å². The molecule has 4 rings (SSSR count). The highest BCUT2D eigenvalue weighted by Crippen LogP contribution is 2.40. The van der Waals surface area contributed by atoms with Gasteiger partial charge in [-0.05, 0) is 32.1 Å². The van der Waals surface area contributed by atoms with Gasteiger partial charge in [0.05, 0.1) is 23.5 Å². The molecule has 3 aliphatic heterocycles. The van der Waals surface area contributed by atoms with Crippen molar-refractivity contribution in [3.63, 3.8) is 0 Å². The number of hydrogen-bond acceptors (Lipinski definition) is 7. The number of piperidine rings is 1. The van der Waals surface area contributed by atoms with E-state index in [0.717, 1.165) is 12.8 Å². The van der Waals surface area contributed by atoms with Gasteiger partial charge in [0.2, 0.25) is 10.0 Å². The van der Waals surface area contributed by atoms with Gasteiger partial charge in [0.1, 0.15) is 0 Å². The van der Waals surface area contributed by atoms with Gasteiger partial charge < -0.3 is 14.5 Å². The van der Waals surface area contributed by atoms with Crippen molar-refractivity contribution in [2.24, 2.45) is 0 Å². The van der Waals surface area contributed by atoms with Crippen molar-refractivity contribution in [2.45, 2.75) is 61.8 Å². The highest BCUT2D eigenvalue weighted by Gasteiger charge is 2.49. The maximum atomic E-state index is 12.5. The average molecular weight is 415 g/mol. The standard InChI is InChI=1S/C17H25N3O7S/c1-18(28(24,25)13-2-3-13)12-10-17(26-11-12)6-8-19(9-7-17)16(23)27-20-14(21)4-5-15(20)22/h12-13H,2-11H2,1H3. The van der Waals surface area contributed by atoms with Gasteiger partial charge >= 0.3 is 6.09 Å². The molecule has 0 N–H and O–H groups in total. The van der Waals surface area contributed by atoms with E-state index in [1.165, 1.54) is 9.21 Å². The number of imide groups is 1. The van der Waals surface area contributed by atoms with Gasteiger partial charge in [0.15, 0.2) is 0 Å². The van der Waals surface area contributed by atoms with Crippen LogP contribution in [0.2, 0.25) is 0 Å². The Labute approximate surface area is 163 Å². The van der Waals surface area contributed by atoms with Crippen molar-refractivity contribution < 1.29 is 32.4 Å². The van der Waals surface area contributed by atoms with E-state index in [4.69, 9.17) is 9.57 Å². The molecule has 0 aromatic heterocycles. The molecular formula is C17H25N3O7S. The fourth-order valence-corrected chi connectivity index (χ4v) is 5.85. The zero-order valence-electron chi connectivity index (χ0n) is 15.8. The first kappa shape index (κ1) is 19.6. The second-order valence-electron chi connectivity index (χ2n) is 8.04. The minimum Gasteiger partial charge on any atom is -0.373 e. The summed E-state index contributed by atoms with van der Waals surface area (Å²) in [5, 5.41) is 0.300. The Hall–Kier alpha value is -1.72. The number of amides is 3. The molecule has 4 aliphatic rings. The molecule has 0 bridgehead atoms. The van der Waals surface area contributed by atoms with Crippen molar-refractivity contribution in [2.75, 3.05) is 26.7 Å². The number of likely N-dealkylation sites (tertiary alicyclic amines) is 1. The Balaban J connectivity index is 1.31. The topological polar surface area (TPSA) is 114 Å². The number of carbonyl (C=O) groups is 3. The van der Waals surface area contributed by atoms with Gasteiger partial charge in [-0.2, -0.15) is 4.31 Å². The van der Waals surface area contributed by atoms with Crippen molar-refractivity contribution >= 4 is 27.9 Å². The number of nitrogens with zero attached hydrogens (tertiary/aromatic N) is 3. The Kier molecular flexibility index (Phi) is 4.87. The predicted molar refractivity (Wildman–Crippen MR) is 95.2 cm³/mol. The molecular weight excluding hydrogens is 390 g/mol. The lowest BCUT2D eigenvalue weighted by molar-refractivity contribution is -0.174. The van der Waals surface area contributed by atoms with E-state index in [2.05, 4.69) is 0 Å². The molecule has 0 radical (unpaired) electrons. The molecule has 3 amide bonds. The molecule has 3 saturated heterocycles. The van der Waals surface area contributed by atoms with Gasteiger partial charge in [-0.3, -0.25) is 9.59 Å². The number of rotatable bonds is 4. The third kappa shape index (κ3) is 3.50. The summed E-state index contributed by atoms with van der Waals surface area (Å²) in [6.07, 6.45) is 2.55. The first-order valence-electron chi connectivity index (χ1n) is 9.65. The zero-order chi connectivity index (χ0) is 20.1. The quantitative estimate of drug-likeness (QED) is 0.604. The summed E-state index contributed by atoms with van der Waals surface area (Å²) in [6.45, 7) is 1.07. The molecule has 1 saturated carbocycles. The largest absolute Gasteiger partial charge is 0.434 e. The second-order valence-corrected chi connectivity index (χ2v) is 10.3. The molecule has 156 valence electrons. The molecule has 10 nitrogen and oxygen atoms in total. The number of carbonyl (C=O) groups excluding carboxylic acids is 3. The van der Waals surface area contributed by atoms with E-state index in [9.17, 15) is 22.8 Å². The zero-order valence-corrected chi connectivity index (χ0v) is 16.6. The monoisotopic (exact) mass is 415 g/mol. The maximum absolute atomic E-state index is 12.5. The molecule has 1 unspecified atom stereocenters. The van der Waals surface area contributed by atoms with Crippen molar-refractivity contribution in [1.82, 2.24) is 14.3 Å². The van der Waals surface area contributed by atoms with Crippen LogP contribution in [0.4, 0.5) is 4.79 Å². The van der Waals surface area contributed by atoms with Crippen molar-refractivity contribution in [1.29, 1.82) is 0 Å². The van der Waals surface area contributed by atoms with Crippen molar-refractivity contribution in [3.8, 4) is 0 Å². The van der Waals surface area contributed by atoms with Gasteiger partial charge in [-0.25, -0.2) is 13.2 Å². The number of likely N-dealkylation sites (N-methyl/N-ethyl adjacent to an activating group) is 1. The fraction of sp³-hybridized carbons (Fsp3) is 0.824. The van der Waals surface area contributed by atoms with E-state index >= 15 is 0 Å². The lowest BCUT2D eigenvalue weighted by Gasteiger charge is -2.38. The fourth-order valence-electron chi connectivity index (χ4n) is 4.10. The van der Waals surface area contributed by atoms with Gasteiger partial charge in [0, 0.05) is 33.0 Å². The number of sulfonamides is 1. The Morgan fingerprint density at radius 2 is 1.79 bits per heavy atom. The normalized spacial score (nSPS) is 27.9. The molecule has 1 spiro atoms. The van der Waals surface area contributed by atoms with Gasteiger partial charge in [0.25, 0.3) is 11.8 Å². The first-order valence-corrected chi connectivity index (χ1v) is 11.2. The predicted octanol–water partition coefficient (Wildman–Crippen LogP) is 0.235.